The third-order valence-corrected chi connectivity index (χ3v) is 8.19. The minimum absolute atomic E-state index is 0.125. The number of imide groups is 1. The van der Waals surface area contributed by atoms with Crippen molar-refractivity contribution < 1.29 is 28.6 Å². The smallest absolute Gasteiger partial charge is 0.347 e. The van der Waals surface area contributed by atoms with E-state index in [9.17, 15) is 14.4 Å². The van der Waals surface area contributed by atoms with E-state index in [-0.39, 0.29) is 42.1 Å². The molecule has 1 aromatic rings. The van der Waals surface area contributed by atoms with E-state index in [1.165, 1.54) is 13.3 Å². The van der Waals surface area contributed by atoms with E-state index in [2.05, 4.69) is 37.0 Å². The molecule has 8 nitrogen and oxygen atoms in total. The fourth-order valence-corrected chi connectivity index (χ4v) is 5.48. The summed E-state index contributed by atoms with van der Waals surface area (Å²) in [7, 11) is 1.47. The lowest BCUT2D eigenvalue weighted by Gasteiger charge is -2.19. The summed E-state index contributed by atoms with van der Waals surface area (Å²) in [4.78, 5) is 37.6. The van der Waals surface area contributed by atoms with Gasteiger partial charge in [-0.05, 0) is 70.0 Å². The number of hydrazone groups is 1. The minimum Gasteiger partial charge on any atom is -0.493 e. The van der Waals surface area contributed by atoms with Crippen LogP contribution in [0.5, 0.6) is 11.5 Å². The van der Waals surface area contributed by atoms with Gasteiger partial charge in [-0.2, -0.15) is 10.1 Å². The first kappa shape index (κ1) is 23.0. The molecule has 0 aromatic heterocycles. The maximum Gasteiger partial charge on any atom is 0.347 e. The fraction of sp³-hybridized carbons (Fsp3) is 0.455. The Hall–Kier alpha value is -2.20. The zero-order chi connectivity index (χ0) is 23.2. The molecular formula is C22H22Br2N2O6. The van der Waals surface area contributed by atoms with E-state index in [1.807, 2.05) is 12.2 Å². The molecule has 2 bridgehead atoms. The quantitative estimate of drug-likeness (QED) is 0.215. The summed E-state index contributed by atoms with van der Waals surface area (Å²) in [5.41, 5.74) is 0.559. The molecule has 1 aromatic carbocycles. The third kappa shape index (κ3) is 3.77. The van der Waals surface area contributed by atoms with Gasteiger partial charge in [-0.15, -0.1) is 0 Å². The predicted octanol–water partition coefficient (Wildman–Crippen LogP) is 3.69. The summed E-state index contributed by atoms with van der Waals surface area (Å²) in [5.74, 6) is -0.710. The number of carbonyl (C=O) groups excluding carboxylic acids is 3. The Kier molecular flexibility index (Phi) is 6.44. The van der Waals surface area contributed by atoms with Crippen molar-refractivity contribution in [2.45, 2.75) is 26.4 Å². The maximum absolute atomic E-state index is 12.8. The van der Waals surface area contributed by atoms with E-state index >= 15 is 0 Å². The molecule has 5 atom stereocenters. The number of halogens is 2. The van der Waals surface area contributed by atoms with E-state index in [4.69, 9.17) is 14.2 Å². The molecule has 1 aliphatic heterocycles. The summed E-state index contributed by atoms with van der Waals surface area (Å²) in [5, 5.41) is 5.20. The fourth-order valence-electron chi connectivity index (χ4n) is 4.56. The topological polar surface area (TPSA) is 94.5 Å². The van der Waals surface area contributed by atoms with Gasteiger partial charge in [0.05, 0.1) is 36.2 Å². The van der Waals surface area contributed by atoms with Crippen LogP contribution in [0.3, 0.4) is 0 Å². The third-order valence-electron chi connectivity index (χ3n) is 6.05. The Morgan fingerprint density at radius 1 is 1.22 bits per heavy atom. The number of methoxy groups -OCH3 is 1. The number of rotatable bonds is 7. The van der Waals surface area contributed by atoms with Crippen LogP contribution in [0, 0.1) is 23.7 Å². The van der Waals surface area contributed by atoms with E-state index < -0.39 is 12.1 Å². The molecule has 3 aliphatic rings. The number of esters is 1. The number of benzene rings is 1. The van der Waals surface area contributed by atoms with Gasteiger partial charge in [-0.1, -0.05) is 12.2 Å². The van der Waals surface area contributed by atoms with Crippen LogP contribution in [0.25, 0.3) is 0 Å². The Morgan fingerprint density at radius 2 is 1.84 bits per heavy atom. The SMILES string of the molecule is CCOC(=O)[C@@H](C)Oc1c(OC)cc(C=NN2C(=O)[C@@H]3[C@H](C2=O)[C@H]2C=C[C@H]3C2)c(Br)c1Br. The monoisotopic (exact) mass is 568 g/mol. The molecule has 1 heterocycles. The Bertz CT molecular complexity index is 1010. The van der Waals surface area contributed by atoms with Gasteiger partial charge < -0.3 is 14.2 Å². The first-order valence-electron chi connectivity index (χ1n) is 10.3. The van der Waals surface area contributed by atoms with Gasteiger partial charge in [-0.25, -0.2) is 4.79 Å². The second kappa shape index (κ2) is 8.97. The summed E-state index contributed by atoms with van der Waals surface area (Å²) < 4.78 is 17.2. The lowest BCUT2D eigenvalue weighted by Crippen LogP contribution is -2.28. The highest BCUT2D eigenvalue weighted by atomic mass is 79.9. The molecule has 0 unspecified atom stereocenters. The van der Waals surface area contributed by atoms with Crippen LogP contribution < -0.4 is 9.47 Å². The van der Waals surface area contributed by atoms with Crippen LogP contribution in [0.1, 0.15) is 25.8 Å². The predicted molar refractivity (Wildman–Crippen MR) is 122 cm³/mol. The normalized spacial score (nSPS) is 26.7. The van der Waals surface area contributed by atoms with Crippen molar-refractivity contribution in [1.29, 1.82) is 0 Å². The highest BCUT2D eigenvalue weighted by Crippen LogP contribution is 2.52. The summed E-state index contributed by atoms with van der Waals surface area (Å²) in [6, 6.07) is 1.64. The molecule has 0 radical (unpaired) electrons. The molecule has 4 rings (SSSR count). The molecule has 1 saturated carbocycles. The van der Waals surface area contributed by atoms with Crippen molar-refractivity contribution in [3.8, 4) is 11.5 Å². The van der Waals surface area contributed by atoms with Gasteiger partial charge >= 0.3 is 5.97 Å². The molecule has 2 amide bonds. The van der Waals surface area contributed by atoms with Crippen LogP contribution in [-0.4, -0.2) is 48.8 Å². The van der Waals surface area contributed by atoms with Gasteiger partial charge in [0.1, 0.15) is 0 Å². The van der Waals surface area contributed by atoms with E-state index in [0.717, 1.165) is 11.4 Å². The highest BCUT2D eigenvalue weighted by Gasteiger charge is 2.59. The lowest BCUT2D eigenvalue weighted by molar-refractivity contribution is -0.150. The van der Waals surface area contributed by atoms with Crippen LogP contribution in [-0.2, 0) is 19.1 Å². The lowest BCUT2D eigenvalue weighted by atomic mass is 9.85. The summed E-state index contributed by atoms with van der Waals surface area (Å²) in [6.45, 7) is 3.55. The zero-order valence-corrected chi connectivity index (χ0v) is 20.9. The molecule has 2 aliphatic carbocycles. The van der Waals surface area contributed by atoms with Crippen LogP contribution in [0.4, 0.5) is 0 Å². The molecule has 0 N–H and O–H groups in total. The van der Waals surface area contributed by atoms with Gasteiger partial charge in [0, 0.05) is 10.0 Å². The van der Waals surface area contributed by atoms with Crippen molar-refractivity contribution in [1.82, 2.24) is 5.01 Å². The van der Waals surface area contributed by atoms with Gasteiger partial charge in [0.25, 0.3) is 11.8 Å². The van der Waals surface area contributed by atoms with Crippen molar-refractivity contribution in [3.05, 3.63) is 32.7 Å². The number of allylic oxidation sites excluding steroid dienone is 2. The number of nitrogens with zero attached hydrogens (tertiary/aromatic N) is 2. The summed E-state index contributed by atoms with van der Waals surface area (Å²) in [6.07, 6.45) is 5.53. The first-order chi connectivity index (χ1) is 15.3. The average Bonchev–Trinajstić information content (AvgIpc) is 3.45. The van der Waals surface area contributed by atoms with Crippen molar-refractivity contribution in [2.24, 2.45) is 28.8 Å². The number of carbonyl (C=O) groups is 3. The Balaban J connectivity index is 1.58. The number of hydrogen-bond acceptors (Lipinski definition) is 7. The highest BCUT2D eigenvalue weighted by molar-refractivity contribution is 9.13. The molecular weight excluding hydrogens is 548 g/mol. The number of amides is 2. The van der Waals surface area contributed by atoms with Crippen molar-refractivity contribution in [2.75, 3.05) is 13.7 Å². The molecule has 0 spiro atoms. The molecule has 1 saturated heterocycles. The molecule has 10 heteroatoms. The minimum atomic E-state index is -0.852. The zero-order valence-electron chi connectivity index (χ0n) is 17.7. The van der Waals surface area contributed by atoms with Crippen LogP contribution in [0.15, 0.2) is 32.3 Å². The van der Waals surface area contributed by atoms with Crippen LogP contribution in [0.2, 0.25) is 0 Å². The van der Waals surface area contributed by atoms with E-state index in [0.29, 0.717) is 26.0 Å². The second-order valence-corrected chi connectivity index (χ2v) is 9.46. The average molecular weight is 570 g/mol. The summed E-state index contributed by atoms with van der Waals surface area (Å²) >= 11 is 6.94. The van der Waals surface area contributed by atoms with E-state index in [1.54, 1.807) is 19.9 Å². The van der Waals surface area contributed by atoms with Crippen LogP contribution >= 0.6 is 31.9 Å². The molecule has 2 fully saturated rings. The van der Waals surface area contributed by atoms with Gasteiger partial charge in [-0.3, -0.25) is 9.59 Å². The maximum atomic E-state index is 12.8. The molecule has 170 valence electrons. The number of fused-ring (bicyclic) bond motifs is 5. The Morgan fingerprint density at radius 3 is 2.41 bits per heavy atom. The van der Waals surface area contributed by atoms with Gasteiger partial charge in [0.2, 0.25) is 0 Å². The standard InChI is InChI=1S/C22H22Br2N2O6/c1-4-31-22(29)10(2)32-19-14(30-3)8-13(17(23)18(19)24)9-25-26-20(27)15-11-5-6-12(7-11)16(15)21(26)28/h5-6,8-12,15-16H,4,7H2,1-3H3/t10-,11+,12+,15-,16+/m1/s1. The molecule has 32 heavy (non-hydrogen) atoms. The van der Waals surface area contributed by atoms with Crippen molar-refractivity contribution >= 4 is 55.9 Å². The number of hydrogen-bond donors (Lipinski definition) is 0. The largest absolute Gasteiger partial charge is 0.493 e. The Labute approximate surface area is 202 Å². The number of ether oxygens (including phenoxy) is 3. The second-order valence-electron chi connectivity index (χ2n) is 7.87. The first-order valence-corrected chi connectivity index (χ1v) is 11.9. The van der Waals surface area contributed by atoms with Crippen molar-refractivity contribution in [3.63, 3.8) is 0 Å². The van der Waals surface area contributed by atoms with Gasteiger partial charge in [0.15, 0.2) is 17.6 Å².